The first-order valence-corrected chi connectivity index (χ1v) is 27.7. The number of hydrogen-bond donors (Lipinski definition) is 3. The van der Waals surface area contributed by atoms with E-state index in [0.717, 1.165) is 76.9 Å². The second-order valence-corrected chi connectivity index (χ2v) is 22.1. The number of fused-ring (bicyclic) bond motifs is 2. The summed E-state index contributed by atoms with van der Waals surface area (Å²) in [6.07, 6.45) is 7.54. The van der Waals surface area contributed by atoms with Crippen LogP contribution in [0.2, 0.25) is 5.02 Å². The quantitative estimate of drug-likeness (QED) is 0.0460. The summed E-state index contributed by atoms with van der Waals surface area (Å²) < 4.78 is 84.4. The third-order valence-corrected chi connectivity index (χ3v) is 17.5. The summed E-state index contributed by atoms with van der Waals surface area (Å²) in [4.78, 5) is 55.6. The van der Waals surface area contributed by atoms with Gasteiger partial charge in [0.05, 0.1) is 35.6 Å². The SMILES string of the molecule is COC(=O)C1CCC(NCC2(c3ccccc3)Oc3cc(F)c(Cl)c(-c4c(C(N)=O)ccc(OCCCCN5CCC(CN6CCC(c7c(F)cc8c(N9CCC(=O)NC9=O)nn(C)c8c7F)CC6)CC5)c4F)c3C2C)CC1. The Bertz CT molecular complexity index is 3090. The van der Waals surface area contributed by atoms with Gasteiger partial charge in [-0.15, -0.1) is 0 Å². The minimum Gasteiger partial charge on any atom is -0.490 e. The fraction of sp³-hybridized carbons (Fsp3) is 0.500. The Morgan fingerprint density at radius 3 is 2.28 bits per heavy atom. The summed E-state index contributed by atoms with van der Waals surface area (Å²) >= 11 is 6.83. The molecule has 78 heavy (non-hydrogen) atoms. The van der Waals surface area contributed by atoms with Gasteiger partial charge in [0.15, 0.2) is 28.8 Å². The van der Waals surface area contributed by atoms with Crippen molar-refractivity contribution in [3.63, 3.8) is 0 Å². The van der Waals surface area contributed by atoms with Crippen molar-refractivity contribution in [1.82, 2.24) is 30.2 Å². The number of carbonyl (C=O) groups is 4. The number of hydrogen-bond acceptors (Lipinski definition) is 11. The number of aryl methyl sites for hydroxylation is 1. The molecule has 0 spiro atoms. The number of rotatable bonds is 17. The van der Waals surface area contributed by atoms with Crippen molar-refractivity contribution in [3.8, 4) is 22.6 Å². The van der Waals surface area contributed by atoms with Crippen molar-refractivity contribution in [1.29, 1.82) is 0 Å². The molecule has 4 aliphatic heterocycles. The van der Waals surface area contributed by atoms with E-state index < -0.39 is 52.6 Å². The molecule has 0 radical (unpaired) electrons. The number of piperidine rings is 2. The molecule has 4 fully saturated rings. The molecule has 15 nitrogen and oxygen atoms in total. The number of halogens is 5. The van der Waals surface area contributed by atoms with E-state index in [2.05, 4.69) is 25.5 Å². The molecule has 4 amide bonds. The minimum absolute atomic E-state index is 0.0201. The highest BCUT2D eigenvalue weighted by Gasteiger charge is 2.50. The summed E-state index contributed by atoms with van der Waals surface area (Å²) in [7, 11) is 2.96. The summed E-state index contributed by atoms with van der Waals surface area (Å²) in [6, 6.07) is 14.2. The number of anilines is 1. The number of esters is 1. The highest BCUT2D eigenvalue weighted by molar-refractivity contribution is 6.34. The first-order valence-electron chi connectivity index (χ1n) is 27.3. The lowest BCUT2D eigenvalue weighted by Gasteiger charge is -2.38. The number of nitrogens with two attached hydrogens (primary N) is 1. The lowest BCUT2D eigenvalue weighted by molar-refractivity contribution is -0.146. The molecule has 2 unspecified atom stereocenters. The van der Waals surface area contributed by atoms with Gasteiger partial charge < -0.3 is 35.1 Å². The highest BCUT2D eigenvalue weighted by atomic mass is 35.5. The second-order valence-electron chi connectivity index (χ2n) is 21.8. The van der Waals surface area contributed by atoms with Crippen LogP contribution in [0.4, 0.5) is 28.2 Å². The van der Waals surface area contributed by atoms with Gasteiger partial charge >= 0.3 is 12.0 Å². The molecule has 2 atom stereocenters. The van der Waals surface area contributed by atoms with Crippen LogP contribution < -0.4 is 30.7 Å². The number of nitrogens with zero attached hydrogens (tertiary/aromatic N) is 5. The van der Waals surface area contributed by atoms with Crippen molar-refractivity contribution in [2.75, 3.05) is 71.0 Å². The van der Waals surface area contributed by atoms with E-state index >= 15 is 17.6 Å². The number of methoxy groups -OCH3 is 1. The first kappa shape index (κ1) is 55.1. The van der Waals surface area contributed by atoms with Gasteiger partial charge in [-0.05, 0) is 133 Å². The lowest BCUT2D eigenvalue weighted by Crippen LogP contribution is -2.49. The number of likely N-dealkylation sites (tertiary alicyclic amines) is 2. The van der Waals surface area contributed by atoms with Crippen LogP contribution >= 0.6 is 11.6 Å². The molecule has 4 N–H and O–H groups in total. The average Bonchev–Trinajstić information content (AvgIpc) is 4.12. The molecule has 5 aliphatic rings. The number of amides is 4. The van der Waals surface area contributed by atoms with Crippen LogP contribution in [0.25, 0.3) is 22.0 Å². The van der Waals surface area contributed by atoms with Crippen LogP contribution in [-0.4, -0.2) is 116 Å². The average molecular weight is 1100 g/mol. The van der Waals surface area contributed by atoms with Gasteiger partial charge in [0.25, 0.3) is 0 Å². The van der Waals surface area contributed by atoms with E-state index in [9.17, 15) is 19.2 Å². The normalized spacial score (nSPS) is 22.6. The van der Waals surface area contributed by atoms with Crippen LogP contribution in [-0.2, 0) is 27.0 Å². The molecule has 5 heterocycles. The van der Waals surface area contributed by atoms with Crippen molar-refractivity contribution < 1.29 is 51.0 Å². The molecule has 416 valence electrons. The number of ether oxygens (including phenoxy) is 3. The first-order chi connectivity index (χ1) is 37.6. The van der Waals surface area contributed by atoms with Crippen LogP contribution in [0.5, 0.6) is 11.5 Å². The number of benzene rings is 4. The fourth-order valence-electron chi connectivity index (χ4n) is 12.8. The molecular weight excluding hydrogens is 1030 g/mol. The summed E-state index contributed by atoms with van der Waals surface area (Å²) in [5.74, 6) is -4.96. The molecule has 1 saturated carbocycles. The third-order valence-electron chi connectivity index (χ3n) is 17.1. The van der Waals surface area contributed by atoms with Gasteiger partial charge in [-0.2, -0.15) is 5.10 Å². The number of urea groups is 1. The molecule has 1 aromatic heterocycles. The van der Waals surface area contributed by atoms with E-state index in [1.807, 2.05) is 37.3 Å². The van der Waals surface area contributed by atoms with Crippen LogP contribution in [0.15, 0.2) is 54.6 Å². The van der Waals surface area contributed by atoms with Crippen molar-refractivity contribution in [2.45, 2.75) is 101 Å². The van der Waals surface area contributed by atoms with E-state index in [-0.39, 0.29) is 98.9 Å². The molecule has 5 aromatic rings. The van der Waals surface area contributed by atoms with Crippen molar-refractivity contribution in [2.24, 2.45) is 24.6 Å². The Morgan fingerprint density at radius 1 is 0.872 bits per heavy atom. The van der Waals surface area contributed by atoms with Crippen LogP contribution in [0, 0.1) is 35.1 Å². The van der Waals surface area contributed by atoms with E-state index in [1.54, 1.807) is 7.05 Å². The zero-order valence-corrected chi connectivity index (χ0v) is 45.0. The number of imide groups is 1. The fourth-order valence-corrected chi connectivity index (χ4v) is 13.1. The number of carbonyl (C=O) groups excluding carboxylic acids is 4. The Morgan fingerprint density at radius 2 is 1.59 bits per heavy atom. The third kappa shape index (κ3) is 10.8. The van der Waals surface area contributed by atoms with Gasteiger partial charge in [-0.3, -0.25) is 29.3 Å². The van der Waals surface area contributed by atoms with Crippen molar-refractivity contribution >= 4 is 52.1 Å². The second kappa shape index (κ2) is 23.2. The molecule has 4 aromatic carbocycles. The Hall–Kier alpha value is -6.28. The molecule has 10 rings (SSSR count). The van der Waals surface area contributed by atoms with Gasteiger partial charge in [-0.1, -0.05) is 48.9 Å². The summed E-state index contributed by atoms with van der Waals surface area (Å²) in [5, 5.41) is 10.1. The standard InChI is InChI=1S/C58H67ClF4N8O7/c1-33-46-44(78-58(33,37-9-5-4-6-10-37)32-65-38-13-11-36(12-14-38)56(74)76-3)30-42(61)50(59)49(46)48-39(54(64)73)15-16-43(51(48)62)77-28-8-7-22-69-23-17-34(18-24-69)31-70-25-19-35(20-26-70)47-41(60)29-40-53(52(47)63)68(2)67-55(40)71-27-21-45(72)66-57(71)75/h4-6,9-10,15-16,29-30,33-36,38,65H,7-8,11-14,17-28,31-32H2,1-3H3,(H2,64,73)(H,66,72,75). The molecule has 20 heteroatoms. The zero-order valence-electron chi connectivity index (χ0n) is 44.3. The maximum Gasteiger partial charge on any atom is 0.329 e. The smallest absolute Gasteiger partial charge is 0.329 e. The molecular formula is C58H67ClF4N8O7. The lowest BCUT2D eigenvalue weighted by atomic mass is 9.77. The monoisotopic (exact) mass is 1100 g/mol. The number of nitrogens with one attached hydrogen (secondary N) is 2. The maximum atomic E-state index is 17.1. The number of primary amides is 1. The topological polar surface area (TPSA) is 174 Å². The van der Waals surface area contributed by atoms with Gasteiger partial charge in [-0.25, -0.2) is 22.4 Å². The number of unbranched alkanes of at least 4 members (excludes halogenated alkanes) is 1. The molecule has 3 saturated heterocycles. The maximum absolute atomic E-state index is 17.1. The largest absolute Gasteiger partial charge is 0.490 e. The summed E-state index contributed by atoms with van der Waals surface area (Å²) in [5.41, 5.74) is 5.75. The summed E-state index contributed by atoms with van der Waals surface area (Å²) in [6.45, 7) is 7.49. The van der Waals surface area contributed by atoms with Gasteiger partial charge in [0.1, 0.15) is 22.9 Å². The van der Waals surface area contributed by atoms with E-state index in [1.165, 1.54) is 41.0 Å². The van der Waals surface area contributed by atoms with Crippen LogP contribution in [0.3, 0.4) is 0 Å². The predicted molar refractivity (Wildman–Crippen MR) is 287 cm³/mol. The van der Waals surface area contributed by atoms with E-state index in [4.69, 9.17) is 31.5 Å². The Balaban J connectivity index is 0.732. The van der Waals surface area contributed by atoms with Crippen molar-refractivity contribution in [3.05, 3.63) is 105 Å². The van der Waals surface area contributed by atoms with Gasteiger partial charge in [0, 0.05) is 73.4 Å². The van der Waals surface area contributed by atoms with Gasteiger partial charge in [0.2, 0.25) is 11.8 Å². The Kier molecular flexibility index (Phi) is 16.4. The zero-order chi connectivity index (χ0) is 55.0. The molecule has 1 aliphatic carbocycles. The Labute approximate surface area is 456 Å². The predicted octanol–water partition coefficient (Wildman–Crippen LogP) is 9.46. The molecule has 0 bridgehead atoms. The van der Waals surface area contributed by atoms with E-state index in [0.29, 0.717) is 50.1 Å². The van der Waals surface area contributed by atoms with Crippen LogP contribution in [0.1, 0.15) is 116 Å². The number of aromatic nitrogens is 2. The highest BCUT2D eigenvalue weighted by Crippen LogP contribution is 2.57. The minimum atomic E-state index is -1.10.